The van der Waals surface area contributed by atoms with E-state index < -0.39 is 11.1 Å². The van der Waals surface area contributed by atoms with Crippen LogP contribution in [-0.4, -0.2) is 8.76 Å². The average molecular weight is 210 g/mol. The summed E-state index contributed by atoms with van der Waals surface area (Å²) >= 11 is -2.02. The fraction of sp³-hybridized carbons (Fsp3) is 0.400. The zero-order valence-corrected chi connectivity index (χ0v) is 8.55. The quantitative estimate of drug-likeness (QED) is 0.741. The number of hydrogen-bond donors (Lipinski definition) is 1. The third kappa shape index (κ3) is 1.87. The van der Waals surface area contributed by atoms with Gasteiger partial charge in [-0.05, 0) is 29.5 Å². The van der Waals surface area contributed by atoms with Crippen LogP contribution in [0, 0.1) is 0 Å². The lowest BCUT2D eigenvalue weighted by molar-refractivity contribution is 0.536. The van der Waals surface area contributed by atoms with Crippen molar-refractivity contribution in [1.29, 1.82) is 0 Å². The Morgan fingerprint density at radius 1 is 1.57 bits per heavy atom. The number of aryl methyl sites for hydroxylation is 1. The van der Waals surface area contributed by atoms with Gasteiger partial charge in [0.15, 0.2) is 0 Å². The molecule has 0 saturated heterocycles. The van der Waals surface area contributed by atoms with E-state index in [2.05, 4.69) is 0 Å². The number of benzene rings is 1. The van der Waals surface area contributed by atoms with Crippen LogP contribution in [0.2, 0.25) is 0 Å². The molecule has 0 amide bonds. The SMILES string of the molecule is NC1CCc2ccc(CS(=O)[O-])cc21. The molecule has 1 aliphatic rings. The third-order valence-electron chi connectivity index (χ3n) is 2.62. The van der Waals surface area contributed by atoms with Crippen LogP contribution in [0.3, 0.4) is 0 Å². The van der Waals surface area contributed by atoms with Crippen molar-refractivity contribution in [1.82, 2.24) is 0 Å². The first-order chi connectivity index (χ1) is 6.66. The summed E-state index contributed by atoms with van der Waals surface area (Å²) in [5.41, 5.74) is 9.10. The highest BCUT2D eigenvalue weighted by molar-refractivity contribution is 7.78. The molecule has 1 aromatic carbocycles. The number of fused-ring (bicyclic) bond motifs is 1. The van der Waals surface area contributed by atoms with E-state index in [1.165, 1.54) is 5.56 Å². The van der Waals surface area contributed by atoms with E-state index in [1.54, 1.807) is 0 Å². The van der Waals surface area contributed by atoms with E-state index in [9.17, 15) is 8.76 Å². The highest BCUT2D eigenvalue weighted by Gasteiger charge is 2.18. The van der Waals surface area contributed by atoms with Crippen LogP contribution in [0.25, 0.3) is 0 Å². The average Bonchev–Trinajstić information content (AvgIpc) is 2.47. The van der Waals surface area contributed by atoms with Crippen molar-refractivity contribution in [3.63, 3.8) is 0 Å². The smallest absolute Gasteiger partial charge is 0.0353 e. The lowest BCUT2D eigenvalue weighted by atomic mass is 10.1. The molecule has 0 aromatic heterocycles. The van der Waals surface area contributed by atoms with Crippen LogP contribution < -0.4 is 5.73 Å². The Hall–Kier alpha value is -0.710. The van der Waals surface area contributed by atoms with E-state index >= 15 is 0 Å². The van der Waals surface area contributed by atoms with Crippen molar-refractivity contribution >= 4 is 11.1 Å². The molecule has 1 aliphatic carbocycles. The predicted octanol–water partition coefficient (Wildman–Crippen LogP) is 1.01. The third-order valence-corrected chi connectivity index (χ3v) is 3.19. The minimum atomic E-state index is -2.02. The van der Waals surface area contributed by atoms with E-state index in [-0.39, 0.29) is 11.8 Å². The molecule has 14 heavy (non-hydrogen) atoms. The molecule has 0 saturated carbocycles. The lowest BCUT2D eigenvalue weighted by Gasteiger charge is -2.09. The maximum Gasteiger partial charge on any atom is 0.0353 e. The van der Waals surface area contributed by atoms with Gasteiger partial charge in [0.2, 0.25) is 0 Å². The Bertz CT molecular complexity index is 378. The summed E-state index contributed by atoms with van der Waals surface area (Å²) < 4.78 is 21.0. The lowest BCUT2D eigenvalue weighted by Crippen LogP contribution is -2.06. The fourth-order valence-electron chi connectivity index (χ4n) is 1.91. The van der Waals surface area contributed by atoms with Gasteiger partial charge in [-0.3, -0.25) is 4.21 Å². The summed E-state index contributed by atoms with van der Waals surface area (Å²) in [5, 5.41) is 0. The molecular weight excluding hydrogens is 198 g/mol. The van der Waals surface area contributed by atoms with Crippen LogP contribution in [0.1, 0.15) is 29.2 Å². The monoisotopic (exact) mass is 210 g/mol. The molecule has 2 rings (SSSR count). The van der Waals surface area contributed by atoms with Gasteiger partial charge in [0, 0.05) is 11.8 Å². The van der Waals surface area contributed by atoms with Crippen molar-refractivity contribution in [2.75, 3.05) is 0 Å². The van der Waals surface area contributed by atoms with Gasteiger partial charge in [-0.25, -0.2) is 0 Å². The zero-order chi connectivity index (χ0) is 10.1. The van der Waals surface area contributed by atoms with Gasteiger partial charge in [0.25, 0.3) is 0 Å². The molecule has 1 aromatic rings. The Morgan fingerprint density at radius 2 is 2.36 bits per heavy atom. The molecule has 4 heteroatoms. The second-order valence-corrected chi connectivity index (χ2v) is 4.52. The van der Waals surface area contributed by atoms with Crippen molar-refractivity contribution in [2.24, 2.45) is 5.73 Å². The van der Waals surface area contributed by atoms with Gasteiger partial charge in [-0.15, -0.1) is 0 Å². The van der Waals surface area contributed by atoms with Crippen LogP contribution in [-0.2, 0) is 23.3 Å². The maximum atomic E-state index is 10.5. The standard InChI is InChI=1S/C10H13NO2S/c11-10-4-3-8-2-1-7(5-9(8)10)6-14(12)13/h1-2,5,10H,3-4,6,11H2,(H,12,13)/p-1. The minimum absolute atomic E-state index is 0.0833. The Morgan fingerprint density at radius 3 is 3.07 bits per heavy atom. The molecule has 3 nitrogen and oxygen atoms in total. The van der Waals surface area contributed by atoms with Gasteiger partial charge in [0.1, 0.15) is 0 Å². The summed E-state index contributed by atoms with van der Waals surface area (Å²) in [6, 6.07) is 5.87. The molecule has 0 spiro atoms. The van der Waals surface area contributed by atoms with Crippen molar-refractivity contribution in [3.8, 4) is 0 Å². The highest BCUT2D eigenvalue weighted by Crippen LogP contribution is 2.29. The molecule has 76 valence electrons. The molecule has 0 radical (unpaired) electrons. The highest BCUT2D eigenvalue weighted by atomic mass is 32.2. The molecule has 0 aliphatic heterocycles. The predicted molar refractivity (Wildman–Crippen MR) is 54.3 cm³/mol. The van der Waals surface area contributed by atoms with Crippen molar-refractivity contribution in [3.05, 3.63) is 34.9 Å². The minimum Gasteiger partial charge on any atom is -0.772 e. The molecular formula is C10H12NO2S-. The molecule has 2 N–H and O–H groups in total. The van der Waals surface area contributed by atoms with Crippen LogP contribution >= 0.6 is 0 Å². The molecule has 0 bridgehead atoms. The Kier molecular flexibility index (Phi) is 2.67. The molecule has 2 unspecified atom stereocenters. The summed E-state index contributed by atoms with van der Waals surface area (Å²) in [6.45, 7) is 0. The summed E-state index contributed by atoms with van der Waals surface area (Å²) in [7, 11) is 0. The first kappa shape index (κ1) is 9.83. The van der Waals surface area contributed by atoms with E-state index in [4.69, 9.17) is 5.73 Å². The maximum absolute atomic E-state index is 10.5. The normalized spacial score (nSPS) is 22.0. The zero-order valence-electron chi connectivity index (χ0n) is 7.73. The Balaban J connectivity index is 2.30. The van der Waals surface area contributed by atoms with Crippen molar-refractivity contribution in [2.45, 2.75) is 24.6 Å². The fourth-order valence-corrected chi connectivity index (χ4v) is 2.36. The van der Waals surface area contributed by atoms with Gasteiger partial charge >= 0.3 is 0 Å². The summed E-state index contributed by atoms with van der Waals surface area (Å²) in [4.78, 5) is 0. The first-order valence-corrected chi connectivity index (χ1v) is 5.84. The second-order valence-electron chi connectivity index (χ2n) is 3.63. The number of nitrogens with two attached hydrogens (primary N) is 1. The number of rotatable bonds is 2. The van der Waals surface area contributed by atoms with Gasteiger partial charge in [0.05, 0.1) is 0 Å². The van der Waals surface area contributed by atoms with Gasteiger partial charge in [-0.2, -0.15) is 0 Å². The van der Waals surface area contributed by atoms with E-state index in [0.29, 0.717) is 0 Å². The van der Waals surface area contributed by atoms with Gasteiger partial charge in [-0.1, -0.05) is 29.3 Å². The number of hydrogen-bond acceptors (Lipinski definition) is 3. The van der Waals surface area contributed by atoms with Crippen LogP contribution in [0.15, 0.2) is 18.2 Å². The molecule has 2 atom stereocenters. The topological polar surface area (TPSA) is 66.2 Å². The summed E-state index contributed by atoms with van der Waals surface area (Å²) in [6.07, 6.45) is 1.98. The van der Waals surface area contributed by atoms with E-state index in [0.717, 1.165) is 24.0 Å². The van der Waals surface area contributed by atoms with Crippen molar-refractivity contribution < 1.29 is 8.76 Å². The molecule has 0 fully saturated rings. The largest absolute Gasteiger partial charge is 0.772 e. The second kappa shape index (κ2) is 3.81. The summed E-state index contributed by atoms with van der Waals surface area (Å²) in [5.74, 6) is 0.0833. The molecule has 0 heterocycles. The van der Waals surface area contributed by atoms with Crippen LogP contribution in [0.4, 0.5) is 0 Å². The van der Waals surface area contributed by atoms with Crippen LogP contribution in [0.5, 0.6) is 0 Å². The Labute approximate surface area is 85.6 Å². The van der Waals surface area contributed by atoms with E-state index in [1.807, 2.05) is 18.2 Å². The first-order valence-electron chi connectivity index (χ1n) is 4.60. The van der Waals surface area contributed by atoms with Gasteiger partial charge < -0.3 is 10.3 Å².